The van der Waals surface area contributed by atoms with Crippen molar-refractivity contribution in [1.29, 1.82) is 0 Å². The van der Waals surface area contributed by atoms with Crippen molar-refractivity contribution in [2.24, 2.45) is 0 Å². The van der Waals surface area contributed by atoms with Crippen LogP contribution in [0.4, 0.5) is 14.9 Å². The van der Waals surface area contributed by atoms with Crippen molar-refractivity contribution in [2.75, 3.05) is 12.4 Å². The molecule has 2 aliphatic rings. The molecule has 2 fully saturated rings. The number of hydrogen-bond acceptors (Lipinski definition) is 2. The van der Waals surface area contributed by atoms with Crippen LogP contribution in [0.25, 0.3) is 0 Å². The van der Waals surface area contributed by atoms with Gasteiger partial charge in [-0.1, -0.05) is 18.2 Å². The van der Waals surface area contributed by atoms with Crippen LogP contribution in [0.15, 0.2) is 48.5 Å². The number of piperidine rings is 2. The van der Waals surface area contributed by atoms with Crippen molar-refractivity contribution in [1.82, 2.24) is 5.32 Å². The van der Waals surface area contributed by atoms with Crippen LogP contribution in [0.2, 0.25) is 0 Å². The summed E-state index contributed by atoms with van der Waals surface area (Å²) in [7, 11) is 1.61. The number of carbonyl (C=O) groups is 1. The molecule has 6 heteroatoms. The van der Waals surface area contributed by atoms with E-state index in [1.807, 2.05) is 36.4 Å². The van der Waals surface area contributed by atoms with Gasteiger partial charge in [0.2, 0.25) is 0 Å². The molecule has 0 aromatic heterocycles. The van der Waals surface area contributed by atoms with Crippen LogP contribution in [-0.4, -0.2) is 31.3 Å². The maximum absolute atomic E-state index is 13.2. The minimum Gasteiger partial charge on any atom is -0.497 e. The van der Waals surface area contributed by atoms with Gasteiger partial charge in [-0.15, -0.1) is 0 Å². The third kappa shape index (κ3) is 4.88. The van der Waals surface area contributed by atoms with Crippen LogP contribution in [0, 0.1) is 5.82 Å². The molecule has 5 nitrogen and oxygen atoms in total. The molecule has 154 valence electrons. The molecule has 0 saturated carbocycles. The highest BCUT2D eigenvalue weighted by molar-refractivity contribution is 5.89. The standard InChI is InChI=1S/C23H28FN3O2/c1-29-22-7-2-4-18(14-22)25-23(28)26-19-12-20-5-3-6-21(13-19)27(20)15-16-8-10-17(24)11-9-16/h2,4,7-11,14,19-21H,3,5-6,12-13,15H2,1H3,(H2,25,26,28)/p+1/t19?,20-,21+. The molecule has 0 spiro atoms. The zero-order valence-electron chi connectivity index (χ0n) is 16.8. The van der Waals surface area contributed by atoms with Gasteiger partial charge in [0, 0.05) is 36.2 Å². The van der Waals surface area contributed by atoms with E-state index < -0.39 is 0 Å². The number of nitrogens with one attached hydrogen (secondary N) is 3. The lowest BCUT2D eigenvalue weighted by Crippen LogP contribution is -3.20. The van der Waals surface area contributed by atoms with Crippen molar-refractivity contribution < 1.29 is 18.8 Å². The van der Waals surface area contributed by atoms with E-state index >= 15 is 0 Å². The summed E-state index contributed by atoms with van der Waals surface area (Å²) in [5.74, 6) is 0.531. The third-order valence-corrected chi connectivity index (χ3v) is 6.28. The number of carbonyl (C=O) groups excluding carboxylic acids is 1. The van der Waals surface area contributed by atoms with Gasteiger partial charge < -0.3 is 20.3 Å². The Morgan fingerprint density at radius 2 is 1.86 bits per heavy atom. The highest BCUT2D eigenvalue weighted by Crippen LogP contribution is 2.23. The van der Waals surface area contributed by atoms with E-state index in [0.717, 1.165) is 30.8 Å². The van der Waals surface area contributed by atoms with Gasteiger partial charge in [-0.05, 0) is 43.5 Å². The fourth-order valence-electron chi connectivity index (χ4n) is 4.93. The Kier molecular flexibility index (Phi) is 6.00. The van der Waals surface area contributed by atoms with E-state index in [0.29, 0.717) is 12.1 Å². The second-order valence-corrected chi connectivity index (χ2v) is 8.20. The Morgan fingerprint density at radius 1 is 1.14 bits per heavy atom. The van der Waals surface area contributed by atoms with Crippen molar-refractivity contribution in [3.05, 3.63) is 59.9 Å². The second kappa shape index (κ2) is 8.82. The number of ether oxygens (including phenoxy) is 1. The summed E-state index contributed by atoms with van der Waals surface area (Å²) in [5.41, 5.74) is 1.90. The average Bonchev–Trinajstić information content (AvgIpc) is 2.70. The summed E-state index contributed by atoms with van der Waals surface area (Å²) in [4.78, 5) is 14.1. The number of halogens is 1. The zero-order valence-corrected chi connectivity index (χ0v) is 16.8. The highest BCUT2D eigenvalue weighted by atomic mass is 19.1. The lowest BCUT2D eigenvalue weighted by atomic mass is 9.81. The lowest BCUT2D eigenvalue weighted by molar-refractivity contribution is -0.973. The number of quaternary nitrogens is 1. The maximum Gasteiger partial charge on any atom is 0.319 e. The van der Waals surface area contributed by atoms with Crippen LogP contribution in [0.1, 0.15) is 37.7 Å². The summed E-state index contributed by atoms with van der Waals surface area (Å²) in [6.07, 6.45) is 5.59. The number of benzene rings is 2. The molecular weight excluding hydrogens is 369 g/mol. The van der Waals surface area contributed by atoms with Gasteiger partial charge in [0.05, 0.1) is 19.2 Å². The number of anilines is 1. The zero-order chi connectivity index (χ0) is 20.2. The Morgan fingerprint density at radius 3 is 2.55 bits per heavy atom. The van der Waals surface area contributed by atoms with Gasteiger partial charge in [-0.3, -0.25) is 0 Å². The molecule has 3 N–H and O–H groups in total. The van der Waals surface area contributed by atoms with E-state index in [-0.39, 0.29) is 17.9 Å². The smallest absolute Gasteiger partial charge is 0.319 e. The number of methoxy groups -OCH3 is 1. The summed E-state index contributed by atoms with van der Waals surface area (Å²) in [6.45, 7) is 0.929. The monoisotopic (exact) mass is 398 g/mol. The predicted molar refractivity (Wildman–Crippen MR) is 111 cm³/mol. The fraction of sp³-hybridized carbons (Fsp3) is 0.435. The minimum absolute atomic E-state index is 0.164. The summed E-state index contributed by atoms with van der Waals surface area (Å²) >= 11 is 0. The maximum atomic E-state index is 13.2. The van der Waals surface area contributed by atoms with Crippen LogP contribution in [0.5, 0.6) is 5.75 Å². The molecule has 2 bridgehead atoms. The summed E-state index contributed by atoms with van der Waals surface area (Å²) in [6, 6.07) is 15.3. The molecule has 0 aliphatic carbocycles. The fourth-order valence-corrected chi connectivity index (χ4v) is 4.93. The van der Waals surface area contributed by atoms with Gasteiger partial charge in [-0.2, -0.15) is 0 Å². The molecule has 2 aliphatic heterocycles. The largest absolute Gasteiger partial charge is 0.497 e. The number of urea groups is 1. The predicted octanol–water partition coefficient (Wildman–Crippen LogP) is 3.12. The molecule has 2 heterocycles. The van der Waals surface area contributed by atoms with Gasteiger partial charge >= 0.3 is 6.03 Å². The van der Waals surface area contributed by atoms with E-state index in [2.05, 4.69) is 10.6 Å². The molecule has 2 aromatic carbocycles. The topological polar surface area (TPSA) is 54.8 Å². The molecule has 29 heavy (non-hydrogen) atoms. The number of hydrogen-bond donors (Lipinski definition) is 3. The Labute approximate surface area is 171 Å². The summed E-state index contributed by atoms with van der Waals surface area (Å²) < 4.78 is 18.4. The third-order valence-electron chi connectivity index (χ3n) is 6.28. The van der Waals surface area contributed by atoms with Gasteiger partial charge in [-0.25, -0.2) is 9.18 Å². The quantitative estimate of drug-likeness (QED) is 0.725. The molecular formula is C23H29FN3O2+. The van der Waals surface area contributed by atoms with E-state index in [4.69, 9.17) is 4.74 Å². The van der Waals surface area contributed by atoms with Gasteiger partial charge in [0.25, 0.3) is 0 Å². The molecule has 2 aromatic rings. The van der Waals surface area contributed by atoms with E-state index in [9.17, 15) is 9.18 Å². The molecule has 2 unspecified atom stereocenters. The first kappa shape index (κ1) is 19.7. The first-order chi connectivity index (χ1) is 14.1. The van der Waals surface area contributed by atoms with Crippen molar-refractivity contribution >= 4 is 11.7 Å². The van der Waals surface area contributed by atoms with Crippen molar-refractivity contribution in [3.63, 3.8) is 0 Å². The SMILES string of the molecule is COc1cccc(NC(=O)NC2C[C@H]3CCC[C@@H](C2)[NH+]3Cc2ccc(F)cc2)c1. The van der Waals surface area contributed by atoms with Gasteiger partial charge in [0.15, 0.2) is 0 Å². The van der Waals surface area contributed by atoms with Crippen molar-refractivity contribution in [3.8, 4) is 5.75 Å². The Bertz CT molecular complexity index is 828. The van der Waals surface area contributed by atoms with Crippen LogP contribution in [-0.2, 0) is 6.54 Å². The summed E-state index contributed by atoms with van der Waals surface area (Å²) in [5, 5.41) is 6.09. The van der Waals surface area contributed by atoms with Crippen LogP contribution in [0.3, 0.4) is 0 Å². The lowest BCUT2D eigenvalue weighted by Gasteiger charge is -2.46. The number of fused-ring (bicyclic) bond motifs is 2. The first-order valence-corrected chi connectivity index (χ1v) is 10.4. The first-order valence-electron chi connectivity index (χ1n) is 10.4. The molecule has 2 saturated heterocycles. The molecule has 4 atom stereocenters. The highest BCUT2D eigenvalue weighted by Gasteiger charge is 2.42. The molecule has 2 amide bonds. The van der Waals surface area contributed by atoms with E-state index in [1.165, 1.54) is 24.8 Å². The molecule has 0 radical (unpaired) electrons. The van der Waals surface area contributed by atoms with Crippen LogP contribution >= 0.6 is 0 Å². The molecule has 4 rings (SSSR count). The average molecular weight is 399 g/mol. The minimum atomic E-state index is -0.186. The normalized spacial score (nSPS) is 25.9. The van der Waals surface area contributed by atoms with Gasteiger partial charge in [0.1, 0.15) is 18.1 Å². The van der Waals surface area contributed by atoms with E-state index in [1.54, 1.807) is 24.1 Å². The Hall–Kier alpha value is -2.60. The number of rotatable bonds is 5. The number of amides is 2. The van der Waals surface area contributed by atoms with Crippen molar-refractivity contribution in [2.45, 2.75) is 56.8 Å². The Balaban J connectivity index is 1.35. The second-order valence-electron chi connectivity index (χ2n) is 8.20. The van der Waals surface area contributed by atoms with Crippen LogP contribution < -0.4 is 20.3 Å².